The Morgan fingerprint density at radius 1 is 1.42 bits per heavy atom. The molecule has 0 saturated carbocycles. The molecule has 102 valence electrons. The molecule has 0 saturated heterocycles. The van der Waals surface area contributed by atoms with E-state index in [0.29, 0.717) is 29.7 Å². The summed E-state index contributed by atoms with van der Waals surface area (Å²) in [7, 11) is 0. The Bertz CT molecular complexity index is 554. The molecule has 0 unspecified atom stereocenters. The summed E-state index contributed by atoms with van der Waals surface area (Å²) in [5.74, 6) is 1.23. The highest BCUT2D eigenvalue weighted by molar-refractivity contribution is 6.30. The zero-order chi connectivity index (χ0) is 13.8. The lowest BCUT2D eigenvalue weighted by Crippen LogP contribution is -2.18. The van der Waals surface area contributed by atoms with E-state index in [1.54, 1.807) is 12.3 Å². The highest BCUT2D eigenvalue weighted by Gasteiger charge is 2.09. The maximum Gasteiger partial charge on any atom is 0.208 e. The molecule has 0 aliphatic rings. The first-order chi connectivity index (χ1) is 9.06. The molecule has 1 N–H and O–H groups in total. The number of oxazole rings is 1. The van der Waals surface area contributed by atoms with Gasteiger partial charge in [-0.15, -0.1) is 0 Å². The van der Waals surface area contributed by atoms with Gasteiger partial charge in [0.25, 0.3) is 0 Å². The Balaban J connectivity index is 2.05. The van der Waals surface area contributed by atoms with Crippen molar-refractivity contribution in [2.24, 2.45) is 5.92 Å². The van der Waals surface area contributed by atoms with Crippen LogP contribution in [0.4, 0.5) is 4.39 Å². The van der Waals surface area contributed by atoms with Crippen LogP contribution in [-0.4, -0.2) is 11.5 Å². The number of benzene rings is 1. The maximum atomic E-state index is 13.4. The molecule has 1 heterocycles. The molecule has 0 radical (unpaired) electrons. The second-order valence-corrected chi connectivity index (χ2v) is 5.18. The van der Waals surface area contributed by atoms with Crippen LogP contribution in [0.3, 0.4) is 0 Å². The van der Waals surface area contributed by atoms with Crippen LogP contribution in [0.5, 0.6) is 0 Å². The van der Waals surface area contributed by atoms with Gasteiger partial charge in [-0.2, -0.15) is 0 Å². The average Bonchev–Trinajstić information content (AvgIpc) is 2.81. The molecule has 2 aromatic rings. The molecule has 3 nitrogen and oxygen atoms in total. The molecular formula is C14H16ClFN2O. The summed E-state index contributed by atoms with van der Waals surface area (Å²) in [6.45, 7) is 5.72. The lowest BCUT2D eigenvalue weighted by atomic mass is 10.2. The van der Waals surface area contributed by atoms with E-state index < -0.39 is 5.82 Å². The molecule has 0 aliphatic heterocycles. The van der Waals surface area contributed by atoms with Gasteiger partial charge in [0.15, 0.2) is 5.76 Å². The Kier molecular flexibility index (Phi) is 4.56. The summed E-state index contributed by atoms with van der Waals surface area (Å²) in [5.41, 5.74) is 0.629. The number of nitrogens with zero attached hydrogens (tertiary/aromatic N) is 1. The number of halogens is 2. The van der Waals surface area contributed by atoms with Crippen LogP contribution in [0.1, 0.15) is 19.7 Å². The average molecular weight is 283 g/mol. The summed E-state index contributed by atoms with van der Waals surface area (Å²) in [6.07, 6.45) is 1.59. The second kappa shape index (κ2) is 6.17. The fraction of sp³-hybridized carbons (Fsp3) is 0.357. The predicted octanol–water partition coefficient (Wildman–Crippen LogP) is 3.88. The molecule has 0 spiro atoms. The van der Waals surface area contributed by atoms with E-state index >= 15 is 0 Å². The fourth-order valence-corrected chi connectivity index (χ4v) is 1.76. The number of rotatable bonds is 5. The first kappa shape index (κ1) is 14.0. The van der Waals surface area contributed by atoms with Crippen molar-refractivity contribution in [2.45, 2.75) is 20.4 Å². The van der Waals surface area contributed by atoms with Gasteiger partial charge in [0.2, 0.25) is 5.89 Å². The molecule has 0 amide bonds. The molecule has 0 bridgehead atoms. The zero-order valence-electron chi connectivity index (χ0n) is 10.9. The molecule has 0 atom stereocenters. The Morgan fingerprint density at radius 2 is 2.21 bits per heavy atom. The van der Waals surface area contributed by atoms with Crippen LogP contribution in [-0.2, 0) is 6.54 Å². The summed E-state index contributed by atoms with van der Waals surface area (Å²) >= 11 is 5.64. The highest BCUT2D eigenvalue weighted by atomic mass is 35.5. The van der Waals surface area contributed by atoms with Crippen molar-refractivity contribution in [3.8, 4) is 11.3 Å². The van der Waals surface area contributed by atoms with Crippen LogP contribution in [0, 0.1) is 11.7 Å². The van der Waals surface area contributed by atoms with Crippen molar-refractivity contribution in [1.29, 1.82) is 0 Å². The minimum atomic E-state index is -0.463. The van der Waals surface area contributed by atoms with Gasteiger partial charge in [-0.3, -0.25) is 0 Å². The second-order valence-electron chi connectivity index (χ2n) is 4.77. The van der Waals surface area contributed by atoms with Gasteiger partial charge in [-0.25, -0.2) is 9.37 Å². The van der Waals surface area contributed by atoms with E-state index in [0.717, 1.165) is 6.54 Å². The van der Waals surface area contributed by atoms with Crippen molar-refractivity contribution in [3.05, 3.63) is 41.1 Å². The van der Waals surface area contributed by atoms with Crippen LogP contribution in [0.25, 0.3) is 11.3 Å². The smallest absolute Gasteiger partial charge is 0.208 e. The lowest BCUT2D eigenvalue weighted by molar-refractivity contribution is 0.459. The quantitative estimate of drug-likeness (QED) is 0.904. The van der Waals surface area contributed by atoms with Gasteiger partial charge in [-0.1, -0.05) is 25.4 Å². The maximum absolute atomic E-state index is 13.4. The standard InChI is InChI=1S/C14H16ClFN2O/c1-9(2)6-17-8-14-18-7-13(19-14)10-3-4-11(15)12(16)5-10/h3-5,7,9,17H,6,8H2,1-2H3. The van der Waals surface area contributed by atoms with Crippen LogP contribution in [0.15, 0.2) is 28.8 Å². The lowest BCUT2D eigenvalue weighted by Gasteiger charge is -2.04. The van der Waals surface area contributed by atoms with Crippen LogP contribution >= 0.6 is 11.6 Å². The Labute approximate surface area is 116 Å². The SMILES string of the molecule is CC(C)CNCc1ncc(-c2ccc(Cl)c(F)c2)o1. The predicted molar refractivity (Wildman–Crippen MR) is 73.5 cm³/mol. The molecule has 1 aromatic carbocycles. The molecule has 5 heteroatoms. The number of nitrogens with one attached hydrogen (secondary N) is 1. The normalized spacial score (nSPS) is 11.2. The molecule has 1 aromatic heterocycles. The largest absolute Gasteiger partial charge is 0.439 e. The van der Waals surface area contributed by atoms with E-state index in [2.05, 4.69) is 24.1 Å². The third kappa shape index (κ3) is 3.78. The van der Waals surface area contributed by atoms with Crippen molar-refractivity contribution in [2.75, 3.05) is 6.54 Å². The number of hydrogen-bond donors (Lipinski definition) is 1. The number of aromatic nitrogens is 1. The van der Waals surface area contributed by atoms with Crippen molar-refractivity contribution < 1.29 is 8.81 Å². The van der Waals surface area contributed by atoms with Crippen LogP contribution < -0.4 is 5.32 Å². The fourth-order valence-electron chi connectivity index (χ4n) is 1.64. The minimum absolute atomic E-state index is 0.0992. The van der Waals surface area contributed by atoms with Gasteiger partial charge in [-0.05, 0) is 30.7 Å². The Hall–Kier alpha value is -1.39. The Morgan fingerprint density at radius 3 is 2.89 bits per heavy atom. The highest BCUT2D eigenvalue weighted by Crippen LogP contribution is 2.24. The topological polar surface area (TPSA) is 38.1 Å². The first-order valence-corrected chi connectivity index (χ1v) is 6.55. The van der Waals surface area contributed by atoms with Gasteiger partial charge < -0.3 is 9.73 Å². The third-order valence-electron chi connectivity index (χ3n) is 2.59. The molecule has 19 heavy (non-hydrogen) atoms. The summed E-state index contributed by atoms with van der Waals surface area (Å²) < 4.78 is 18.9. The van der Waals surface area contributed by atoms with E-state index in [4.69, 9.17) is 16.0 Å². The van der Waals surface area contributed by atoms with Crippen LogP contribution in [0.2, 0.25) is 5.02 Å². The van der Waals surface area contributed by atoms with Crippen molar-refractivity contribution in [3.63, 3.8) is 0 Å². The van der Waals surface area contributed by atoms with E-state index in [1.165, 1.54) is 12.1 Å². The summed E-state index contributed by atoms with van der Waals surface area (Å²) in [6, 6.07) is 4.55. The first-order valence-electron chi connectivity index (χ1n) is 6.17. The van der Waals surface area contributed by atoms with E-state index in [9.17, 15) is 4.39 Å². The monoisotopic (exact) mass is 282 g/mol. The number of hydrogen-bond acceptors (Lipinski definition) is 3. The van der Waals surface area contributed by atoms with E-state index in [-0.39, 0.29) is 5.02 Å². The molecule has 2 rings (SSSR count). The summed E-state index contributed by atoms with van der Waals surface area (Å²) in [5, 5.41) is 3.33. The minimum Gasteiger partial charge on any atom is -0.439 e. The summed E-state index contributed by atoms with van der Waals surface area (Å²) in [4.78, 5) is 4.16. The van der Waals surface area contributed by atoms with Gasteiger partial charge >= 0.3 is 0 Å². The zero-order valence-corrected chi connectivity index (χ0v) is 11.7. The van der Waals surface area contributed by atoms with Gasteiger partial charge in [0.05, 0.1) is 17.8 Å². The van der Waals surface area contributed by atoms with Crippen molar-refractivity contribution in [1.82, 2.24) is 10.3 Å². The molecule has 0 aliphatic carbocycles. The van der Waals surface area contributed by atoms with E-state index in [1.807, 2.05) is 0 Å². The molecule has 0 fully saturated rings. The third-order valence-corrected chi connectivity index (χ3v) is 2.89. The van der Waals surface area contributed by atoms with Crippen molar-refractivity contribution >= 4 is 11.6 Å². The van der Waals surface area contributed by atoms with Gasteiger partial charge in [0, 0.05) is 5.56 Å². The molecular weight excluding hydrogens is 267 g/mol. The van der Waals surface area contributed by atoms with Gasteiger partial charge in [0.1, 0.15) is 5.82 Å².